The summed E-state index contributed by atoms with van der Waals surface area (Å²) in [6.07, 6.45) is 3.23. The normalized spacial score (nSPS) is 20.4. The molecule has 0 amide bonds. The van der Waals surface area contributed by atoms with Crippen molar-refractivity contribution in [3.63, 3.8) is 0 Å². The number of carbonyl (C=O) groups is 2. The molecule has 21 heavy (non-hydrogen) atoms. The van der Waals surface area contributed by atoms with Crippen LogP contribution in [-0.4, -0.2) is 30.2 Å². The minimum Gasteiger partial charge on any atom is -0.478 e. The Balaban J connectivity index is 2.47. The lowest BCUT2D eigenvalue weighted by atomic mass is 9.92. The minimum absolute atomic E-state index is 0.196. The second-order valence-corrected chi connectivity index (χ2v) is 8.86. The summed E-state index contributed by atoms with van der Waals surface area (Å²) in [5.41, 5.74) is 2.00. The molecule has 110 valence electrons. The quantitative estimate of drug-likeness (QED) is 0.640. The molecule has 7 heteroatoms. The Kier molecular flexibility index (Phi) is 4.75. The van der Waals surface area contributed by atoms with Crippen molar-refractivity contribution in [2.24, 2.45) is 0 Å². The van der Waals surface area contributed by atoms with Gasteiger partial charge in [-0.25, -0.2) is 9.59 Å². The Morgan fingerprint density at radius 1 is 1.00 bits per heavy atom. The highest BCUT2D eigenvalue weighted by Gasteiger charge is 2.42. The van der Waals surface area contributed by atoms with Crippen molar-refractivity contribution in [2.45, 2.75) is 8.06 Å². The summed E-state index contributed by atoms with van der Waals surface area (Å²) in [5, 5.41) is 18.1. The van der Waals surface area contributed by atoms with Crippen LogP contribution in [-0.2, 0) is 4.79 Å². The largest absolute Gasteiger partial charge is 0.478 e. The van der Waals surface area contributed by atoms with Crippen molar-refractivity contribution < 1.29 is 19.8 Å². The van der Waals surface area contributed by atoms with E-state index in [0.717, 1.165) is 11.1 Å². The van der Waals surface area contributed by atoms with E-state index in [4.69, 9.17) is 10.2 Å². The van der Waals surface area contributed by atoms with Crippen LogP contribution < -0.4 is 0 Å². The average molecular weight is 481 g/mol. The predicted octanol–water partition coefficient (Wildman–Crippen LogP) is 4.04. The first kappa shape index (κ1) is 16.5. The molecule has 0 spiro atoms. The first-order valence-electron chi connectivity index (χ1n) is 5.76. The van der Waals surface area contributed by atoms with Crippen LogP contribution in [0.3, 0.4) is 0 Å². The highest BCUT2D eigenvalue weighted by Crippen LogP contribution is 2.50. The molecule has 0 saturated heterocycles. The van der Waals surface area contributed by atoms with Gasteiger partial charge in [0.1, 0.15) is 3.23 Å². The molecule has 0 aromatic heterocycles. The number of hydrogen-bond donors (Lipinski definition) is 2. The lowest BCUT2D eigenvalue weighted by molar-refractivity contribution is -0.132. The molecule has 1 aromatic carbocycles. The Bertz CT molecular complexity index is 659. The average Bonchev–Trinajstić information content (AvgIpc) is 2.41. The van der Waals surface area contributed by atoms with E-state index in [1.165, 1.54) is 18.2 Å². The zero-order valence-electron chi connectivity index (χ0n) is 10.4. The number of allylic oxidation sites excluding steroid dienone is 3. The number of halogens is 3. The van der Waals surface area contributed by atoms with E-state index >= 15 is 0 Å². The molecule has 2 N–H and O–H groups in total. The van der Waals surface area contributed by atoms with E-state index in [-0.39, 0.29) is 11.1 Å². The van der Waals surface area contributed by atoms with Gasteiger partial charge in [-0.05, 0) is 23.3 Å². The van der Waals surface area contributed by atoms with Gasteiger partial charge in [0.25, 0.3) is 0 Å². The second kappa shape index (κ2) is 6.06. The molecular weight excluding hydrogens is 472 g/mol. The van der Waals surface area contributed by atoms with Crippen LogP contribution in [0.1, 0.15) is 15.9 Å². The summed E-state index contributed by atoms with van der Waals surface area (Å²) >= 11 is 10.4. The summed E-state index contributed by atoms with van der Waals surface area (Å²) in [7, 11) is 0. The van der Waals surface area contributed by atoms with Crippen molar-refractivity contribution in [2.75, 3.05) is 0 Å². The summed E-state index contributed by atoms with van der Waals surface area (Å²) in [4.78, 5) is 21.6. The standard InChI is InChI=1S/C14H9Br3O4/c15-11-9(13(20)21)5-6-10(14(11,16)17)7-1-3-8(4-2-7)12(18)19/h1-6,11H,(H,18,19)(H,20,21). The number of benzene rings is 1. The first-order chi connectivity index (χ1) is 9.75. The molecular formula is C14H9Br3O4. The summed E-state index contributed by atoms with van der Waals surface area (Å²) in [6.45, 7) is 0. The third-order valence-corrected chi connectivity index (χ3v) is 7.25. The van der Waals surface area contributed by atoms with Crippen LogP contribution >= 0.6 is 47.8 Å². The number of aromatic carboxylic acids is 1. The second-order valence-electron chi connectivity index (χ2n) is 4.38. The SMILES string of the molecule is O=C(O)C1=CC=C(c2ccc(C(=O)O)cc2)C(Br)(Br)C1Br. The van der Waals surface area contributed by atoms with Crippen molar-refractivity contribution in [3.8, 4) is 0 Å². The number of carboxylic acid groups (broad SMARTS) is 2. The third-order valence-electron chi connectivity index (χ3n) is 3.07. The molecule has 1 aliphatic rings. The number of alkyl halides is 3. The van der Waals surface area contributed by atoms with Crippen molar-refractivity contribution in [1.29, 1.82) is 0 Å². The molecule has 0 saturated carbocycles. The molecule has 0 bridgehead atoms. The smallest absolute Gasteiger partial charge is 0.335 e. The molecule has 0 fully saturated rings. The predicted molar refractivity (Wildman–Crippen MR) is 90.4 cm³/mol. The van der Waals surface area contributed by atoms with Gasteiger partial charge in [-0.1, -0.05) is 72.1 Å². The topological polar surface area (TPSA) is 74.6 Å². The Morgan fingerprint density at radius 3 is 2.05 bits per heavy atom. The van der Waals surface area contributed by atoms with Crippen molar-refractivity contribution in [1.82, 2.24) is 0 Å². The van der Waals surface area contributed by atoms with E-state index in [0.29, 0.717) is 0 Å². The van der Waals surface area contributed by atoms with Crippen LogP contribution in [0, 0.1) is 0 Å². The summed E-state index contributed by atoms with van der Waals surface area (Å²) in [5.74, 6) is -1.99. The molecule has 1 aliphatic carbocycles. The zero-order chi connectivity index (χ0) is 15.8. The lowest BCUT2D eigenvalue weighted by Crippen LogP contribution is -2.33. The van der Waals surface area contributed by atoms with Gasteiger partial charge in [-0.15, -0.1) is 0 Å². The van der Waals surface area contributed by atoms with Gasteiger partial charge in [0, 0.05) is 0 Å². The molecule has 0 radical (unpaired) electrons. The van der Waals surface area contributed by atoms with Crippen LogP contribution in [0.4, 0.5) is 0 Å². The fourth-order valence-corrected chi connectivity index (χ4v) is 3.77. The van der Waals surface area contributed by atoms with Gasteiger partial charge in [0.15, 0.2) is 0 Å². The van der Waals surface area contributed by atoms with Gasteiger partial charge >= 0.3 is 11.9 Å². The molecule has 1 unspecified atom stereocenters. The first-order valence-corrected chi connectivity index (χ1v) is 8.26. The number of rotatable bonds is 3. The van der Waals surface area contributed by atoms with E-state index in [1.54, 1.807) is 18.2 Å². The van der Waals surface area contributed by atoms with Crippen molar-refractivity contribution in [3.05, 3.63) is 53.1 Å². The molecule has 2 rings (SSSR count). The van der Waals surface area contributed by atoms with Gasteiger partial charge < -0.3 is 10.2 Å². The van der Waals surface area contributed by atoms with Crippen LogP contribution in [0.5, 0.6) is 0 Å². The highest BCUT2D eigenvalue weighted by molar-refractivity contribution is 9.26. The van der Waals surface area contributed by atoms with Gasteiger partial charge in [0.2, 0.25) is 0 Å². The molecule has 4 nitrogen and oxygen atoms in total. The van der Waals surface area contributed by atoms with Crippen molar-refractivity contribution >= 4 is 65.3 Å². The third kappa shape index (κ3) is 3.14. The fourth-order valence-electron chi connectivity index (χ4n) is 1.96. The van der Waals surface area contributed by atoms with E-state index in [9.17, 15) is 9.59 Å². The maximum atomic E-state index is 11.2. The van der Waals surface area contributed by atoms with Gasteiger partial charge in [-0.2, -0.15) is 0 Å². The van der Waals surface area contributed by atoms with Crippen LogP contribution in [0.2, 0.25) is 0 Å². The number of carboxylic acids is 2. The minimum atomic E-state index is -1.00. The number of hydrogen-bond acceptors (Lipinski definition) is 2. The lowest BCUT2D eigenvalue weighted by Gasteiger charge is -2.32. The Hall–Kier alpha value is -0.920. The molecule has 1 atom stereocenters. The summed E-state index contributed by atoms with van der Waals surface area (Å²) in [6, 6.07) is 6.39. The van der Waals surface area contributed by atoms with E-state index < -0.39 is 20.0 Å². The van der Waals surface area contributed by atoms with Crippen LogP contribution in [0.15, 0.2) is 42.0 Å². The maximum absolute atomic E-state index is 11.2. The molecule has 0 aliphatic heterocycles. The Labute approximate surface area is 145 Å². The van der Waals surface area contributed by atoms with E-state index in [1.807, 2.05) is 0 Å². The van der Waals surface area contributed by atoms with E-state index in [2.05, 4.69) is 47.8 Å². The highest BCUT2D eigenvalue weighted by atomic mass is 79.9. The number of aliphatic carboxylic acids is 1. The summed E-state index contributed by atoms with van der Waals surface area (Å²) < 4.78 is -0.798. The van der Waals surface area contributed by atoms with Gasteiger partial charge in [-0.3, -0.25) is 0 Å². The molecule has 1 aromatic rings. The zero-order valence-corrected chi connectivity index (χ0v) is 15.1. The monoisotopic (exact) mass is 478 g/mol. The molecule has 0 heterocycles. The van der Waals surface area contributed by atoms with Gasteiger partial charge in [0.05, 0.1) is 16.0 Å². The fraction of sp³-hybridized carbons (Fsp3) is 0.143. The Morgan fingerprint density at radius 2 is 1.57 bits per heavy atom. The van der Waals surface area contributed by atoms with Crippen LogP contribution in [0.25, 0.3) is 5.57 Å². The maximum Gasteiger partial charge on any atom is 0.335 e.